The molecule has 0 atom stereocenters. The molecule has 4 N–H and O–H groups in total. The summed E-state index contributed by atoms with van der Waals surface area (Å²) in [6.45, 7) is 0.369. The normalized spacial score (nSPS) is 13.9. The Balaban J connectivity index is 1.90. The molecule has 1 aromatic carbocycles. The predicted molar refractivity (Wildman–Crippen MR) is 84.3 cm³/mol. The van der Waals surface area contributed by atoms with Gasteiger partial charge in [0.05, 0.1) is 10.2 Å². The molecule has 0 radical (unpaired) electrons. The van der Waals surface area contributed by atoms with E-state index in [2.05, 4.69) is 26.6 Å². The largest absolute Gasteiger partial charge is 0.389 e. The average molecular weight is 360 g/mol. The number of hydrogen-bond donors (Lipinski definition) is 3. The first-order valence-electron chi connectivity index (χ1n) is 6.30. The molecule has 1 aliphatic rings. The second-order valence-corrected chi connectivity index (χ2v) is 5.90. The number of hydrogen-bond acceptors (Lipinski definition) is 3. The first-order valence-corrected chi connectivity index (χ1v) is 7.50. The topological polar surface area (TPSA) is 67.1 Å². The van der Waals surface area contributed by atoms with Crippen LogP contribution in [0.3, 0.4) is 0 Å². The minimum absolute atomic E-state index is 0.0146. The molecule has 0 spiro atoms. The van der Waals surface area contributed by atoms with E-state index in [9.17, 15) is 9.18 Å². The van der Waals surface area contributed by atoms with Crippen molar-refractivity contribution in [3.63, 3.8) is 0 Å². The summed E-state index contributed by atoms with van der Waals surface area (Å²) in [5.74, 6) is -0.475. The van der Waals surface area contributed by atoms with E-state index in [4.69, 9.17) is 18.0 Å². The van der Waals surface area contributed by atoms with Gasteiger partial charge in [-0.2, -0.15) is 0 Å². The van der Waals surface area contributed by atoms with Crippen molar-refractivity contribution < 1.29 is 9.18 Å². The fourth-order valence-corrected chi connectivity index (χ4v) is 2.58. The summed E-state index contributed by atoms with van der Waals surface area (Å²) in [5, 5.41) is 5.77. The van der Waals surface area contributed by atoms with E-state index in [0.29, 0.717) is 30.3 Å². The van der Waals surface area contributed by atoms with Crippen molar-refractivity contribution in [1.29, 1.82) is 0 Å². The summed E-state index contributed by atoms with van der Waals surface area (Å²) in [4.78, 5) is 11.6. The molecule has 0 aliphatic heterocycles. The Morgan fingerprint density at radius 2 is 2.20 bits per heavy atom. The van der Waals surface area contributed by atoms with Gasteiger partial charge in [-0.05, 0) is 40.9 Å². The summed E-state index contributed by atoms with van der Waals surface area (Å²) >= 11 is 7.96. The van der Waals surface area contributed by atoms with Gasteiger partial charge in [0.1, 0.15) is 4.99 Å². The van der Waals surface area contributed by atoms with Gasteiger partial charge in [-0.15, -0.1) is 0 Å². The zero-order valence-corrected chi connectivity index (χ0v) is 13.1. The highest BCUT2D eigenvalue weighted by molar-refractivity contribution is 9.10. The van der Waals surface area contributed by atoms with Crippen molar-refractivity contribution in [1.82, 2.24) is 5.32 Å². The number of carbonyl (C=O) groups excluding carboxylic acids is 1. The Kier molecular flexibility index (Phi) is 4.93. The highest BCUT2D eigenvalue weighted by atomic mass is 79.9. The van der Waals surface area contributed by atoms with Gasteiger partial charge in [0.25, 0.3) is 0 Å². The van der Waals surface area contributed by atoms with Crippen LogP contribution in [0.1, 0.15) is 24.8 Å². The van der Waals surface area contributed by atoms with Crippen LogP contribution in [0.15, 0.2) is 16.6 Å². The molecule has 7 heteroatoms. The number of anilines is 1. The standard InChI is InChI=1S/C13H15BrFN3OS/c14-11-8(13(16)20)3-4-9(12(11)15)17-6-5-10(19)18-7-1-2-7/h3-4,7,17H,1-2,5-6H2,(H2,16,20)(H,18,19). The predicted octanol–water partition coefficient (Wildman–Crippen LogP) is 2.30. The smallest absolute Gasteiger partial charge is 0.221 e. The van der Waals surface area contributed by atoms with Crippen LogP contribution in [0.2, 0.25) is 0 Å². The minimum Gasteiger partial charge on any atom is -0.389 e. The molecule has 108 valence electrons. The van der Waals surface area contributed by atoms with Crippen molar-refractivity contribution in [2.75, 3.05) is 11.9 Å². The monoisotopic (exact) mass is 359 g/mol. The van der Waals surface area contributed by atoms with E-state index in [1.165, 1.54) is 0 Å². The zero-order valence-electron chi connectivity index (χ0n) is 10.7. The highest BCUT2D eigenvalue weighted by Crippen LogP contribution is 2.27. The van der Waals surface area contributed by atoms with Crippen molar-refractivity contribution in [3.8, 4) is 0 Å². The van der Waals surface area contributed by atoms with Gasteiger partial charge in [0.2, 0.25) is 5.91 Å². The SMILES string of the molecule is NC(=S)c1ccc(NCCC(=O)NC2CC2)c(F)c1Br. The number of nitrogens with one attached hydrogen (secondary N) is 2. The summed E-state index contributed by atoms with van der Waals surface area (Å²) < 4.78 is 14.3. The first kappa shape index (κ1) is 15.2. The van der Waals surface area contributed by atoms with Crippen molar-refractivity contribution in [2.24, 2.45) is 5.73 Å². The molecule has 1 aliphatic carbocycles. The van der Waals surface area contributed by atoms with Gasteiger partial charge in [-0.25, -0.2) is 4.39 Å². The number of amides is 1. The average Bonchev–Trinajstić information content (AvgIpc) is 3.18. The molecular weight excluding hydrogens is 345 g/mol. The summed E-state index contributed by atoms with van der Waals surface area (Å²) in [5.41, 5.74) is 6.26. The lowest BCUT2D eigenvalue weighted by Crippen LogP contribution is -2.27. The van der Waals surface area contributed by atoms with E-state index in [-0.39, 0.29) is 15.4 Å². The number of halogens is 2. The van der Waals surface area contributed by atoms with Gasteiger partial charge in [0, 0.05) is 24.6 Å². The lowest BCUT2D eigenvalue weighted by Gasteiger charge is -2.11. The molecule has 2 rings (SSSR count). The van der Waals surface area contributed by atoms with E-state index in [1.54, 1.807) is 12.1 Å². The van der Waals surface area contributed by atoms with E-state index in [1.807, 2.05) is 0 Å². The third kappa shape index (κ3) is 3.89. The summed E-state index contributed by atoms with van der Waals surface area (Å²) in [6.07, 6.45) is 2.42. The maximum atomic E-state index is 14.0. The third-order valence-electron chi connectivity index (χ3n) is 2.96. The number of benzene rings is 1. The van der Waals surface area contributed by atoms with Crippen LogP contribution >= 0.6 is 28.1 Å². The first-order chi connectivity index (χ1) is 9.49. The molecule has 4 nitrogen and oxygen atoms in total. The Morgan fingerprint density at radius 3 is 2.80 bits per heavy atom. The van der Waals surface area contributed by atoms with Crippen LogP contribution in [0.4, 0.5) is 10.1 Å². The molecule has 1 aromatic rings. The van der Waals surface area contributed by atoms with Crippen LogP contribution in [-0.2, 0) is 4.79 Å². The van der Waals surface area contributed by atoms with Gasteiger partial charge in [-0.3, -0.25) is 4.79 Å². The molecule has 1 saturated carbocycles. The minimum atomic E-state index is -0.460. The number of thiocarbonyl (C=S) groups is 1. The van der Waals surface area contributed by atoms with Crippen LogP contribution < -0.4 is 16.4 Å². The lowest BCUT2D eigenvalue weighted by atomic mass is 10.2. The van der Waals surface area contributed by atoms with Gasteiger partial charge < -0.3 is 16.4 Å². The Morgan fingerprint density at radius 1 is 1.50 bits per heavy atom. The lowest BCUT2D eigenvalue weighted by molar-refractivity contribution is -0.120. The van der Waals surface area contributed by atoms with E-state index < -0.39 is 5.82 Å². The summed E-state index contributed by atoms with van der Waals surface area (Å²) in [6, 6.07) is 3.55. The van der Waals surface area contributed by atoms with Gasteiger partial charge >= 0.3 is 0 Å². The van der Waals surface area contributed by atoms with E-state index >= 15 is 0 Å². The molecule has 0 saturated heterocycles. The Bertz CT molecular complexity index is 549. The van der Waals surface area contributed by atoms with Gasteiger partial charge in [-0.1, -0.05) is 12.2 Å². The van der Waals surface area contributed by atoms with Crippen LogP contribution in [0.25, 0.3) is 0 Å². The quantitative estimate of drug-likeness (QED) is 0.681. The molecular formula is C13H15BrFN3OS. The van der Waals surface area contributed by atoms with Crippen LogP contribution in [-0.4, -0.2) is 23.5 Å². The number of nitrogens with two attached hydrogens (primary N) is 1. The molecule has 20 heavy (non-hydrogen) atoms. The highest BCUT2D eigenvalue weighted by Gasteiger charge is 2.22. The van der Waals surface area contributed by atoms with Gasteiger partial charge in [0.15, 0.2) is 5.82 Å². The Hall–Kier alpha value is -1.21. The second-order valence-electron chi connectivity index (χ2n) is 4.67. The van der Waals surface area contributed by atoms with E-state index in [0.717, 1.165) is 12.8 Å². The molecule has 0 heterocycles. The number of rotatable bonds is 6. The van der Waals surface area contributed by atoms with Crippen molar-refractivity contribution in [3.05, 3.63) is 28.0 Å². The maximum Gasteiger partial charge on any atom is 0.221 e. The zero-order chi connectivity index (χ0) is 14.7. The fourth-order valence-electron chi connectivity index (χ4n) is 1.71. The summed E-state index contributed by atoms with van der Waals surface area (Å²) in [7, 11) is 0. The maximum absolute atomic E-state index is 14.0. The molecule has 0 aromatic heterocycles. The second kappa shape index (κ2) is 6.49. The number of carbonyl (C=O) groups is 1. The molecule has 1 amide bonds. The van der Waals surface area contributed by atoms with Crippen LogP contribution in [0.5, 0.6) is 0 Å². The molecule has 0 bridgehead atoms. The fraction of sp³-hybridized carbons (Fsp3) is 0.385. The van der Waals surface area contributed by atoms with Crippen LogP contribution in [0, 0.1) is 5.82 Å². The van der Waals surface area contributed by atoms with Crippen molar-refractivity contribution in [2.45, 2.75) is 25.3 Å². The van der Waals surface area contributed by atoms with Crippen molar-refractivity contribution >= 4 is 44.7 Å². The third-order valence-corrected chi connectivity index (χ3v) is 3.95. The molecule has 0 unspecified atom stereocenters. The Labute approximate surface area is 130 Å². The molecule has 1 fully saturated rings.